The summed E-state index contributed by atoms with van der Waals surface area (Å²) in [6.45, 7) is 0. The summed E-state index contributed by atoms with van der Waals surface area (Å²) in [7, 11) is 1.31. The lowest BCUT2D eigenvalue weighted by atomic mass is 9.95. The molecule has 5 nitrogen and oxygen atoms in total. The summed E-state index contributed by atoms with van der Waals surface area (Å²) in [6.07, 6.45) is 0. The molecule has 0 spiro atoms. The van der Waals surface area contributed by atoms with Gasteiger partial charge in [-0.05, 0) is 42.0 Å². The van der Waals surface area contributed by atoms with Gasteiger partial charge < -0.3 is 10.1 Å². The van der Waals surface area contributed by atoms with Gasteiger partial charge in [0.2, 0.25) is 0 Å². The van der Waals surface area contributed by atoms with Crippen LogP contribution in [0.5, 0.6) is 0 Å². The summed E-state index contributed by atoms with van der Waals surface area (Å²) in [5, 5.41) is 12.2. The maximum absolute atomic E-state index is 12.8. The number of nitrogens with zero attached hydrogens (tertiary/aromatic N) is 1. The molecule has 0 unspecified atom stereocenters. The van der Waals surface area contributed by atoms with Gasteiger partial charge in [0.1, 0.15) is 0 Å². The van der Waals surface area contributed by atoms with Crippen LogP contribution in [-0.2, 0) is 4.74 Å². The molecule has 0 aliphatic heterocycles. The van der Waals surface area contributed by atoms with Gasteiger partial charge in [-0.3, -0.25) is 4.79 Å². The molecule has 0 aliphatic rings. The zero-order valence-corrected chi connectivity index (χ0v) is 14.6. The van der Waals surface area contributed by atoms with Crippen molar-refractivity contribution >= 4 is 17.6 Å². The van der Waals surface area contributed by atoms with Crippen molar-refractivity contribution in [3.05, 3.63) is 89.5 Å². The molecule has 0 aliphatic carbocycles. The van der Waals surface area contributed by atoms with Gasteiger partial charge in [0.15, 0.2) is 0 Å². The van der Waals surface area contributed by atoms with E-state index in [0.29, 0.717) is 33.5 Å². The van der Waals surface area contributed by atoms with Crippen molar-refractivity contribution in [3.63, 3.8) is 0 Å². The van der Waals surface area contributed by atoms with Gasteiger partial charge in [-0.1, -0.05) is 36.4 Å². The minimum Gasteiger partial charge on any atom is -0.465 e. The molecule has 3 aromatic carbocycles. The number of carbonyl (C=O) groups is 2. The van der Waals surface area contributed by atoms with Gasteiger partial charge in [0.25, 0.3) is 5.91 Å². The predicted octanol–water partition coefficient (Wildman–Crippen LogP) is 4.26. The lowest BCUT2D eigenvalue weighted by Crippen LogP contribution is -2.13. The highest BCUT2D eigenvalue weighted by atomic mass is 16.5. The Morgan fingerprint density at radius 3 is 2.19 bits per heavy atom. The summed E-state index contributed by atoms with van der Waals surface area (Å²) in [5.74, 6) is -0.740. The largest absolute Gasteiger partial charge is 0.465 e. The summed E-state index contributed by atoms with van der Waals surface area (Å²) in [4.78, 5) is 24.3. The number of nitriles is 1. The van der Waals surface area contributed by atoms with Gasteiger partial charge in [-0.25, -0.2) is 4.79 Å². The molecule has 0 atom stereocenters. The summed E-state index contributed by atoms with van der Waals surface area (Å²) in [5.41, 5.74) is 3.29. The first-order valence-corrected chi connectivity index (χ1v) is 8.22. The van der Waals surface area contributed by atoms with Crippen LogP contribution < -0.4 is 5.32 Å². The fraction of sp³-hybridized carbons (Fsp3) is 0.0455. The number of amides is 1. The first-order valence-electron chi connectivity index (χ1n) is 8.22. The van der Waals surface area contributed by atoms with Crippen molar-refractivity contribution in [1.29, 1.82) is 5.26 Å². The number of carbonyl (C=O) groups excluding carboxylic acids is 2. The third-order valence-corrected chi connectivity index (χ3v) is 4.07. The average molecular weight is 356 g/mol. The van der Waals surface area contributed by atoms with Crippen molar-refractivity contribution in [2.24, 2.45) is 0 Å². The van der Waals surface area contributed by atoms with Crippen LogP contribution in [0.4, 0.5) is 5.69 Å². The molecule has 1 N–H and O–H groups in total. The molecular formula is C22H16N2O3. The molecule has 0 heterocycles. The Balaban J connectivity index is 1.90. The highest BCUT2D eigenvalue weighted by Gasteiger charge is 2.15. The van der Waals surface area contributed by atoms with Crippen LogP contribution in [0.3, 0.4) is 0 Å². The van der Waals surface area contributed by atoms with Gasteiger partial charge in [0, 0.05) is 16.8 Å². The van der Waals surface area contributed by atoms with Crippen LogP contribution in [0.1, 0.15) is 26.3 Å². The maximum atomic E-state index is 12.8. The second kappa shape index (κ2) is 7.98. The molecule has 0 fully saturated rings. The second-order valence-corrected chi connectivity index (χ2v) is 5.73. The first-order chi connectivity index (χ1) is 13.1. The fourth-order valence-corrected chi connectivity index (χ4v) is 2.74. The van der Waals surface area contributed by atoms with Crippen molar-refractivity contribution < 1.29 is 14.3 Å². The van der Waals surface area contributed by atoms with Crippen molar-refractivity contribution in [3.8, 4) is 17.2 Å². The molecular weight excluding hydrogens is 340 g/mol. The number of ether oxygens (including phenoxy) is 1. The minimum atomic E-state index is -0.439. The Morgan fingerprint density at radius 1 is 0.889 bits per heavy atom. The Kier molecular flexibility index (Phi) is 5.29. The zero-order chi connectivity index (χ0) is 19.2. The van der Waals surface area contributed by atoms with E-state index in [2.05, 4.69) is 16.1 Å². The number of hydrogen-bond donors (Lipinski definition) is 1. The van der Waals surface area contributed by atoms with Crippen molar-refractivity contribution in [2.75, 3.05) is 12.4 Å². The van der Waals surface area contributed by atoms with E-state index < -0.39 is 5.97 Å². The van der Waals surface area contributed by atoms with Crippen molar-refractivity contribution in [2.45, 2.75) is 0 Å². The molecule has 5 heteroatoms. The van der Waals surface area contributed by atoms with Crippen LogP contribution in [0.2, 0.25) is 0 Å². The third-order valence-electron chi connectivity index (χ3n) is 4.07. The van der Waals surface area contributed by atoms with E-state index >= 15 is 0 Å². The standard InChI is InChI=1S/C22H16N2O3/c1-27-22(26)15-10-12-17(13-11-15)24-21(25)20-9-5-4-8-19(20)18-7-3-2-6-16(18)14-23/h2-13H,1H3,(H,24,25). The number of benzene rings is 3. The molecule has 0 saturated carbocycles. The molecule has 3 aromatic rings. The van der Waals surface area contributed by atoms with E-state index in [1.165, 1.54) is 7.11 Å². The Hall–Kier alpha value is -3.91. The number of esters is 1. The van der Waals surface area contributed by atoms with Gasteiger partial charge in [0.05, 0.1) is 24.3 Å². The molecule has 27 heavy (non-hydrogen) atoms. The predicted molar refractivity (Wildman–Crippen MR) is 102 cm³/mol. The lowest BCUT2D eigenvalue weighted by molar-refractivity contribution is 0.0600. The monoisotopic (exact) mass is 356 g/mol. The van der Waals surface area contributed by atoms with Crippen LogP contribution in [-0.4, -0.2) is 19.0 Å². The molecule has 132 valence electrons. The fourth-order valence-electron chi connectivity index (χ4n) is 2.74. The van der Waals surface area contributed by atoms with E-state index in [0.717, 1.165) is 0 Å². The van der Waals surface area contributed by atoms with Crippen LogP contribution >= 0.6 is 0 Å². The van der Waals surface area contributed by atoms with E-state index in [1.54, 1.807) is 48.5 Å². The number of hydrogen-bond acceptors (Lipinski definition) is 4. The number of rotatable bonds is 4. The molecule has 0 bridgehead atoms. The molecule has 0 radical (unpaired) electrons. The highest BCUT2D eigenvalue weighted by molar-refractivity contribution is 6.09. The number of methoxy groups -OCH3 is 1. The van der Waals surface area contributed by atoms with Gasteiger partial charge in [-0.2, -0.15) is 5.26 Å². The zero-order valence-electron chi connectivity index (χ0n) is 14.6. The molecule has 3 rings (SSSR count). The van der Waals surface area contributed by atoms with Crippen LogP contribution in [0.15, 0.2) is 72.8 Å². The van der Waals surface area contributed by atoms with Gasteiger partial charge >= 0.3 is 5.97 Å². The Labute approximate surface area is 156 Å². The molecule has 1 amide bonds. The average Bonchev–Trinajstić information content (AvgIpc) is 2.73. The summed E-state index contributed by atoms with van der Waals surface area (Å²) < 4.78 is 4.66. The highest BCUT2D eigenvalue weighted by Crippen LogP contribution is 2.27. The van der Waals surface area contributed by atoms with E-state index in [1.807, 2.05) is 24.3 Å². The maximum Gasteiger partial charge on any atom is 0.337 e. The van der Waals surface area contributed by atoms with Gasteiger partial charge in [-0.15, -0.1) is 0 Å². The summed E-state index contributed by atoms with van der Waals surface area (Å²) >= 11 is 0. The minimum absolute atomic E-state index is 0.302. The third kappa shape index (κ3) is 3.86. The SMILES string of the molecule is COC(=O)c1ccc(NC(=O)c2ccccc2-c2ccccc2C#N)cc1. The van der Waals surface area contributed by atoms with Crippen molar-refractivity contribution in [1.82, 2.24) is 0 Å². The number of anilines is 1. The number of nitrogens with one attached hydrogen (secondary N) is 1. The van der Waals surface area contributed by atoms with Crippen LogP contribution in [0.25, 0.3) is 11.1 Å². The normalized spacial score (nSPS) is 9.93. The van der Waals surface area contributed by atoms with Crippen LogP contribution in [0, 0.1) is 11.3 Å². The molecule has 0 saturated heterocycles. The lowest BCUT2D eigenvalue weighted by Gasteiger charge is -2.12. The van der Waals surface area contributed by atoms with E-state index in [4.69, 9.17) is 0 Å². The quantitative estimate of drug-likeness (QED) is 0.708. The first kappa shape index (κ1) is 17.9. The topological polar surface area (TPSA) is 79.2 Å². The summed E-state index contributed by atoms with van der Waals surface area (Å²) in [6, 6.07) is 22.9. The Morgan fingerprint density at radius 2 is 1.52 bits per heavy atom. The molecule has 0 aromatic heterocycles. The van der Waals surface area contributed by atoms with E-state index in [-0.39, 0.29) is 5.91 Å². The second-order valence-electron chi connectivity index (χ2n) is 5.73. The van der Waals surface area contributed by atoms with E-state index in [9.17, 15) is 14.9 Å². The smallest absolute Gasteiger partial charge is 0.337 e. The Bertz CT molecular complexity index is 1030.